The molecule has 1 saturated carbocycles. The van der Waals surface area contributed by atoms with Crippen LogP contribution in [0, 0.1) is 12.3 Å². The summed E-state index contributed by atoms with van der Waals surface area (Å²) in [6, 6.07) is 12.7. The Bertz CT molecular complexity index is 1220. The smallest absolute Gasteiger partial charge is 0.170 e. The summed E-state index contributed by atoms with van der Waals surface area (Å²) in [6.45, 7) is 8.18. The number of methoxy groups -OCH3 is 1. The molecule has 2 aromatic carbocycles. The Labute approximate surface area is 194 Å². The van der Waals surface area contributed by atoms with Gasteiger partial charge in [0.05, 0.1) is 7.11 Å². The number of nitrogens with one attached hydrogen (secondary N) is 1. The third-order valence-corrected chi connectivity index (χ3v) is 7.64. The Kier molecular flexibility index (Phi) is 5.41. The first kappa shape index (κ1) is 21.6. The highest BCUT2D eigenvalue weighted by molar-refractivity contribution is 5.97. The largest absolute Gasteiger partial charge is 0.496 e. The summed E-state index contributed by atoms with van der Waals surface area (Å²) in [4.78, 5) is 5.98. The number of aromatic nitrogens is 1. The highest BCUT2D eigenvalue weighted by Gasteiger charge is 2.46. The molecule has 2 aliphatic rings. The highest BCUT2D eigenvalue weighted by atomic mass is 16.5. The zero-order chi connectivity index (χ0) is 23.2. The Morgan fingerprint density at radius 1 is 1.30 bits per heavy atom. The minimum Gasteiger partial charge on any atom is -0.496 e. The lowest BCUT2D eigenvalue weighted by Gasteiger charge is -2.53. The van der Waals surface area contributed by atoms with Gasteiger partial charge in [-0.05, 0) is 67.8 Å². The molecular formula is C27H32N4O2. The van der Waals surface area contributed by atoms with Crippen molar-refractivity contribution in [1.29, 1.82) is 0 Å². The van der Waals surface area contributed by atoms with Crippen LogP contribution in [0.15, 0.2) is 59.9 Å². The van der Waals surface area contributed by atoms with Gasteiger partial charge in [-0.15, -0.1) is 0 Å². The average molecular weight is 445 g/mol. The van der Waals surface area contributed by atoms with Crippen molar-refractivity contribution >= 4 is 16.7 Å². The van der Waals surface area contributed by atoms with Gasteiger partial charge >= 0.3 is 0 Å². The van der Waals surface area contributed by atoms with Crippen LogP contribution in [-0.2, 0) is 6.54 Å². The normalized spacial score (nSPS) is 20.8. The average Bonchev–Trinajstić information content (AvgIpc) is 3.31. The molecule has 2 fully saturated rings. The van der Waals surface area contributed by atoms with E-state index in [9.17, 15) is 0 Å². The summed E-state index contributed by atoms with van der Waals surface area (Å²) in [5, 5.41) is 13.4. The van der Waals surface area contributed by atoms with Crippen LogP contribution in [0.1, 0.15) is 54.0 Å². The predicted octanol–water partition coefficient (Wildman–Crippen LogP) is 5.25. The Balaban J connectivity index is 1.51. The summed E-state index contributed by atoms with van der Waals surface area (Å²) < 4.78 is 5.83. The summed E-state index contributed by atoms with van der Waals surface area (Å²) in [7, 11) is 1.76. The maximum Gasteiger partial charge on any atom is 0.170 e. The molecule has 6 nitrogen and oxygen atoms in total. The Hall–Kier alpha value is -3.25. The van der Waals surface area contributed by atoms with E-state index < -0.39 is 0 Å². The molecule has 0 bridgehead atoms. The molecule has 1 atom stereocenters. The minimum absolute atomic E-state index is 0.132. The fraction of sp³-hybridized carbons (Fsp3) is 0.370. The first-order valence-electron chi connectivity index (χ1n) is 11.6. The number of aryl methyl sites for hydroxylation is 1. The topological polar surface area (TPSA) is 86.9 Å². The van der Waals surface area contributed by atoms with Crippen LogP contribution >= 0.6 is 0 Å². The fourth-order valence-electron chi connectivity index (χ4n) is 5.94. The monoisotopic (exact) mass is 444 g/mol. The van der Waals surface area contributed by atoms with Crippen LogP contribution in [0.25, 0.3) is 10.9 Å². The van der Waals surface area contributed by atoms with E-state index >= 15 is 0 Å². The number of piperidine rings is 1. The number of nitrogens with two attached hydrogens (primary N) is 1. The lowest BCUT2D eigenvalue weighted by atomic mass is 9.59. The van der Waals surface area contributed by atoms with Crippen molar-refractivity contribution in [3.8, 4) is 5.75 Å². The van der Waals surface area contributed by atoms with Crippen LogP contribution in [0.2, 0.25) is 0 Å². The van der Waals surface area contributed by atoms with E-state index in [0.29, 0.717) is 5.41 Å². The molecule has 1 saturated heterocycles. The van der Waals surface area contributed by atoms with E-state index in [1.807, 2.05) is 18.3 Å². The highest BCUT2D eigenvalue weighted by Crippen LogP contribution is 2.56. The summed E-state index contributed by atoms with van der Waals surface area (Å²) >= 11 is 0. The van der Waals surface area contributed by atoms with E-state index in [1.165, 1.54) is 39.6 Å². The van der Waals surface area contributed by atoms with Gasteiger partial charge in [-0.25, -0.2) is 0 Å². The van der Waals surface area contributed by atoms with Crippen molar-refractivity contribution in [3.63, 3.8) is 0 Å². The number of benzene rings is 2. The fourth-order valence-corrected chi connectivity index (χ4v) is 5.94. The number of hydrogen-bond donors (Lipinski definition) is 3. The number of oxime groups is 1. The molecule has 3 aromatic rings. The van der Waals surface area contributed by atoms with E-state index in [-0.39, 0.29) is 11.9 Å². The van der Waals surface area contributed by atoms with Crippen LogP contribution in [0.4, 0.5) is 0 Å². The predicted molar refractivity (Wildman–Crippen MR) is 132 cm³/mol. The number of ether oxygens (including phenoxy) is 1. The molecule has 0 amide bonds. The van der Waals surface area contributed by atoms with Gasteiger partial charge in [-0.1, -0.05) is 41.6 Å². The van der Waals surface area contributed by atoms with Crippen molar-refractivity contribution in [2.75, 3.05) is 13.7 Å². The van der Waals surface area contributed by atoms with Crippen LogP contribution in [-0.4, -0.2) is 34.6 Å². The molecule has 33 heavy (non-hydrogen) atoms. The van der Waals surface area contributed by atoms with Gasteiger partial charge in [0.15, 0.2) is 5.84 Å². The van der Waals surface area contributed by atoms with Gasteiger partial charge in [0.25, 0.3) is 0 Å². The lowest BCUT2D eigenvalue weighted by molar-refractivity contribution is 0.0174. The maximum atomic E-state index is 9.02. The van der Waals surface area contributed by atoms with Crippen molar-refractivity contribution in [1.82, 2.24) is 9.88 Å². The van der Waals surface area contributed by atoms with Gasteiger partial charge in [0, 0.05) is 40.8 Å². The Morgan fingerprint density at radius 2 is 2.06 bits per heavy atom. The second-order valence-electron chi connectivity index (χ2n) is 9.79. The molecule has 4 N–H and O–H groups in total. The van der Waals surface area contributed by atoms with E-state index in [1.54, 1.807) is 7.11 Å². The number of hydrogen-bond acceptors (Lipinski definition) is 4. The number of aromatic amines is 1. The summed E-state index contributed by atoms with van der Waals surface area (Å²) in [5.74, 6) is 1.07. The van der Waals surface area contributed by atoms with Crippen molar-refractivity contribution in [3.05, 3.63) is 77.0 Å². The van der Waals surface area contributed by atoms with Gasteiger partial charge in [0.1, 0.15) is 5.75 Å². The molecule has 0 unspecified atom stereocenters. The standard InChI is InChI=1S/C27H32N4O2/c1-17-13-27(14-17)9-11-31(23(15-27)19-4-6-20(7-5-19)26(28)30-32)16-22-21-8-10-29-25(21)18(2)12-24(22)33-3/h4-8,10,12,23,29,32H,1,9,11,13-16H2,2-3H3,(H2,28,30)/t23-/m0/s1. The van der Waals surface area contributed by atoms with Crippen molar-refractivity contribution in [2.45, 2.75) is 45.2 Å². The van der Waals surface area contributed by atoms with E-state index in [0.717, 1.165) is 43.7 Å². The molecule has 0 radical (unpaired) electrons. The van der Waals surface area contributed by atoms with E-state index in [4.69, 9.17) is 15.7 Å². The number of amidine groups is 1. The van der Waals surface area contributed by atoms with Gasteiger partial charge in [-0.3, -0.25) is 4.90 Å². The molecule has 1 spiro atoms. The van der Waals surface area contributed by atoms with Gasteiger partial charge in [-0.2, -0.15) is 0 Å². The summed E-state index contributed by atoms with van der Waals surface area (Å²) in [6.07, 6.45) is 6.58. The number of rotatable bonds is 5. The molecule has 1 aliphatic heterocycles. The molecule has 5 rings (SSSR count). The van der Waals surface area contributed by atoms with Gasteiger partial charge in [0.2, 0.25) is 0 Å². The molecule has 2 heterocycles. The van der Waals surface area contributed by atoms with Gasteiger partial charge < -0.3 is 20.7 Å². The van der Waals surface area contributed by atoms with E-state index in [2.05, 4.69) is 52.8 Å². The zero-order valence-electron chi connectivity index (χ0n) is 19.4. The minimum atomic E-state index is 0.132. The number of nitrogens with zero attached hydrogens (tertiary/aromatic N) is 2. The second kappa shape index (κ2) is 8.27. The van der Waals surface area contributed by atoms with Crippen LogP contribution in [0.5, 0.6) is 5.75 Å². The molecule has 172 valence electrons. The van der Waals surface area contributed by atoms with Crippen molar-refractivity contribution in [2.24, 2.45) is 16.3 Å². The molecule has 1 aliphatic carbocycles. The zero-order valence-corrected chi connectivity index (χ0v) is 19.4. The number of fused-ring (bicyclic) bond motifs is 1. The first-order valence-corrected chi connectivity index (χ1v) is 11.6. The second-order valence-corrected chi connectivity index (χ2v) is 9.79. The molecular weight excluding hydrogens is 412 g/mol. The summed E-state index contributed by atoms with van der Waals surface area (Å²) in [5.41, 5.74) is 13.1. The number of likely N-dealkylation sites (tertiary alicyclic amines) is 1. The van der Waals surface area contributed by atoms with Crippen LogP contribution < -0.4 is 10.5 Å². The Morgan fingerprint density at radius 3 is 2.73 bits per heavy atom. The number of allylic oxidation sites excluding steroid dienone is 1. The molecule has 6 heteroatoms. The maximum absolute atomic E-state index is 9.02. The molecule has 1 aromatic heterocycles. The third-order valence-electron chi connectivity index (χ3n) is 7.64. The SMILES string of the molecule is C=C1CC2(CCN(Cc3c(OC)cc(C)c4[nH]ccc34)[C@H](c3ccc(/C(N)=N/O)cc3)C2)C1. The van der Waals surface area contributed by atoms with Crippen molar-refractivity contribution < 1.29 is 9.94 Å². The third kappa shape index (κ3) is 3.78. The van der Waals surface area contributed by atoms with Crippen LogP contribution in [0.3, 0.4) is 0 Å². The number of H-pyrrole nitrogens is 1. The first-order chi connectivity index (χ1) is 15.9. The lowest BCUT2D eigenvalue weighted by Crippen LogP contribution is -2.45. The quantitative estimate of drug-likeness (QED) is 0.165.